The number of amides is 1. The molecule has 1 amide bonds. The lowest BCUT2D eigenvalue weighted by atomic mass is 10.2. The maximum atomic E-state index is 12.4. The van der Waals surface area contributed by atoms with Crippen molar-refractivity contribution in [2.24, 2.45) is 0 Å². The summed E-state index contributed by atoms with van der Waals surface area (Å²) in [6, 6.07) is 7.46. The van der Waals surface area contributed by atoms with Crippen LogP contribution in [0, 0.1) is 0 Å². The van der Waals surface area contributed by atoms with Crippen molar-refractivity contribution < 1.29 is 9.53 Å². The fraction of sp³-hybridized carbons (Fsp3) is 0.400. The Bertz CT molecular complexity index is 653. The van der Waals surface area contributed by atoms with Crippen molar-refractivity contribution >= 4 is 17.5 Å². The average Bonchev–Trinajstić information content (AvgIpc) is 2.93. The summed E-state index contributed by atoms with van der Waals surface area (Å²) >= 11 is 6.16. The van der Waals surface area contributed by atoms with Gasteiger partial charge in [0.1, 0.15) is 0 Å². The van der Waals surface area contributed by atoms with Crippen molar-refractivity contribution in [2.45, 2.75) is 20.4 Å². The van der Waals surface area contributed by atoms with Gasteiger partial charge in [-0.25, -0.2) is 4.68 Å². The predicted octanol–water partition coefficient (Wildman–Crippen LogP) is 2.47. The number of benzene rings is 1. The van der Waals surface area contributed by atoms with Gasteiger partial charge in [0, 0.05) is 18.1 Å². The molecular weight excluding hydrogens is 304 g/mol. The highest BCUT2D eigenvalue weighted by Gasteiger charge is 2.24. The second-order valence-corrected chi connectivity index (χ2v) is 5.08. The monoisotopic (exact) mass is 322 g/mol. The fourth-order valence-corrected chi connectivity index (χ4v) is 2.39. The molecule has 0 N–H and O–H groups in total. The Kier molecular flexibility index (Phi) is 5.38. The third-order valence-electron chi connectivity index (χ3n) is 3.41. The van der Waals surface area contributed by atoms with Crippen LogP contribution in [0.3, 0.4) is 0 Å². The molecule has 2 aromatic rings. The van der Waals surface area contributed by atoms with Crippen LogP contribution in [-0.4, -0.2) is 46.0 Å². The van der Waals surface area contributed by atoms with E-state index >= 15 is 0 Å². The number of halogens is 1. The Morgan fingerprint density at radius 2 is 2.00 bits per heavy atom. The van der Waals surface area contributed by atoms with Crippen LogP contribution in [-0.2, 0) is 6.54 Å². The van der Waals surface area contributed by atoms with Gasteiger partial charge in [0.25, 0.3) is 5.91 Å². The Labute approximate surface area is 134 Å². The standard InChI is InChI=1S/C15H19ClN4O2/c1-4-19(5-2)14(21)13-15(22-3)20(18-17-13)10-11-8-6-7-9-12(11)16/h6-9H,4-5,10H2,1-3H3. The van der Waals surface area contributed by atoms with Crippen molar-refractivity contribution in [2.75, 3.05) is 20.2 Å². The van der Waals surface area contributed by atoms with E-state index in [9.17, 15) is 4.79 Å². The van der Waals surface area contributed by atoms with Gasteiger partial charge in [-0.1, -0.05) is 35.0 Å². The van der Waals surface area contributed by atoms with Crippen LogP contribution in [0.2, 0.25) is 5.02 Å². The molecule has 0 unspecified atom stereocenters. The number of hydrogen-bond donors (Lipinski definition) is 0. The molecule has 1 aromatic carbocycles. The van der Waals surface area contributed by atoms with Gasteiger partial charge in [-0.3, -0.25) is 4.79 Å². The maximum Gasteiger partial charge on any atom is 0.280 e. The van der Waals surface area contributed by atoms with Crippen LogP contribution in [0.5, 0.6) is 5.88 Å². The molecule has 0 aliphatic carbocycles. The second-order valence-electron chi connectivity index (χ2n) is 4.67. The summed E-state index contributed by atoms with van der Waals surface area (Å²) in [7, 11) is 1.50. The van der Waals surface area contributed by atoms with Gasteiger partial charge < -0.3 is 9.64 Å². The first-order valence-electron chi connectivity index (χ1n) is 7.12. The molecule has 2 rings (SSSR count). The van der Waals surface area contributed by atoms with E-state index in [-0.39, 0.29) is 11.6 Å². The van der Waals surface area contributed by atoms with Gasteiger partial charge >= 0.3 is 0 Å². The van der Waals surface area contributed by atoms with Crippen molar-refractivity contribution in [3.8, 4) is 5.88 Å². The van der Waals surface area contributed by atoms with Crippen LogP contribution < -0.4 is 4.74 Å². The molecule has 6 nitrogen and oxygen atoms in total. The summed E-state index contributed by atoms with van der Waals surface area (Å²) < 4.78 is 6.88. The van der Waals surface area contributed by atoms with Crippen LogP contribution in [0.15, 0.2) is 24.3 Å². The maximum absolute atomic E-state index is 12.4. The molecule has 0 radical (unpaired) electrons. The van der Waals surface area contributed by atoms with Gasteiger partial charge in [0.05, 0.1) is 13.7 Å². The fourth-order valence-electron chi connectivity index (χ4n) is 2.19. The van der Waals surface area contributed by atoms with Crippen LogP contribution in [0.1, 0.15) is 29.9 Å². The van der Waals surface area contributed by atoms with E-state index in [1.54, 1.807) is 4.90 Å². The summed E-state index contributed by atoms with van der Waals surface area (Å²) in [6.07, 6.45) is 0. The Morgan fingerprint density at radius 3 is 2.59 bits per heavy atom. The topological polar surface area (TPSA) is 60.2 Å². The molecule has 0 saturated heterocycles. The van der Waals surface area contributed by atoms with Gasteiger partial charge in [0.15, 0.2) is 0 Å². The molecule has 0 saturated carbocycles. The first kappa shape index (κ1) is 16.3. The molecular formula is C15H19ClN4O2. The normalized spacial score (nSPS) is 10.5. The number of rotatable bonds is 6. The second kappa shape index (κ2) is 7.26. The van der Waals surface area contributed by atoms with Gasteiger partial charge in [0.2, 0.25) is 11.6 Å². The average molecular weight is 323 g/mol. The third-order valence-corrected chi connectivity index (χ3v) is 3.78. The molecule has 22 heavy (non-hydrogen) atoms. The highest BCUT2D eigenvalue weighted by molar-refractivity contribution is 6.31. The molecule has 0 fully saturated rings. The third kappa shape index (κ3) is 3.22. The lowest BCUT2D eigenvalue weighted by molar-refractivity contribution is 0.0763. The van der Waals surface area contributed by atoms with Crippen LogP contribution in [0.25, 0.3) is 0 Å². The van der Waals surface area contributed by atoms with E-state index < -0.39 is 0 Å². The largest absolute Gasteiger partial charge is 0.479 e. The van der Waals surface area contributed by atoms with Crippen molar-refractivity contribution in [3.63, 3.8) is 0 Å². The molecule has 7 heteroatoms. The van der Waals surface area contributed by atoms with Crippen molar-refractivity contribution in [1.29, 1.82) is 0 Å². The first-order chi connectivity index (χ1) is 10.6. The zero-order chi connectivity index (χ0) is 16.1. The molecule has 0 aliphatic heterocycles. The van der Waals surface area contributed by atoms with Crippen molar-refractivity contribution in [1.82, 2.24) is 19.9 Å². The number of hydrogen-bond acceptors (Lipinski definition) is 4. The van der Waals surface area contributed by atoms with Gasteiger partial charge in [-0.15, -0.1) is 5.10 Å². The quantitative estimate of drug-likeness (QED) is 0.819. The van der Waals surface area contributed by atoms with Gasteiger partial charge in [-0.05, 0) is 25.5 Å². The molecule has 1 heterocycles. The van der Waals surface area contributed by atoms with E-state index in [1.165, 1.54) is 11.8 Å². The number of nitrogens with zero attached hydrogens (tertiary/aromatic N) is 4. The number of aromatic nitrogens is 3. The Morgan fingerprint density at radius 1 is 1.32 bits per heavy atom. The number of carbonyl (C=O) groups is 1. The zero-order valence-electron chi connectivity index (χ0n) is 12.9. The Balaban J connectivity index is 2.32. The molecule has 0 spiro atoms. The van der Waals surface area contributed by atoms with E-state index in [0.717, 1.165) is 5.56 Å². The van der Waals surface area contributed by atoms with Gasteiger partial charge in [-0.2, -0.15) is 0 Å². The van der Waals surface area contributed by atoms with E-state index in [2.05, 4.69) is 10.3 Å². The number of methoxy groups -OCH3 is 1. The smallest absolute Gasteiger partial charge is 0.280 e. The Hall–Kier alpha value is -2.08. The highest BCUT2D eigenvalue weighted by Crippen LogP contribution is 2.21. The predicted molar refractivity (Wildman–Crippen MR) is 84.4 cm³/mol. The number of carbonyl (C=O) groups excluding carboxylic acids is 1. The van der Waals surface area contributed by atoms with E-state index in [0.29, 0.717) is 30.5 Å². The summed E-state index contributed by atoms with van der Waals surface area (Å²) in [5.74, 6) is 0.157. The minimum atomic E-state index is -0.188. The first-order valence-corrected chi connectivity index (χ1v) is 7.50. The minimum absolute atomic E-state index is 0.188. The van der Waals surface area contributed by atoms with E-state index in [1.807, 2.05) is 38.1 Å². The van der Waals surface area contributed by atoms with E-state index in [4.69, 9.17) is 16.3 Å². The molecule has 0 atom stereocenters. The number of ether oxygens (including phenoxy) is 1. The minimum Gasteiger partial charge on any atom is -0.479 e. The summed E-state index contributed by atoms with van der Waals surface area (Å²) in [4.78, 5) is 14.1. The molecule has 118 valence electrons. The summed E-state index contributed by atoms with van der Waals surface area (Å²) in [6.45, 7) is 5.44. The summed E-state index contributed by atoms with van der Waals surface area (Å²) in [5, 5.41) is 8.65. The molecule has 0 bridgehead atoms. The van der Waals surface area contributed by atoms with Crippen LogP contribution in [0.4, 0.5) is 0 Å². The SMILES string of the molecule is CCN(CC)C(=O)c1nnn(Cc2ccccc2Cl)c1OC. The lowest BCUT2D eigenvalue weighted by Crippen LogP contribution is -2.31. The zero-order valence-corrected chi connectivity index (χ0v) is 13.7. The van der Waals surface area contributed by atoms with Crippen molar-refractivity contribution in [3.05, 3.63) is 40.5 Å². The molecule has 1 aromatic heterocycles. The lowest BCUT2D eigenvalue weighted by Gasteiger charge is -2.17. The molecule has 0 aliphatic rings. The highest BCUT2D eigenvalue weighted by atomic mass is 35.5. The van der Waals surface area contributed by atoms with Crippen LogP contribution >= 0.6 is 11.6 Å². The summed E-state index contributed by atoms with van der Waals surface area (Å²) in [5.41, 5.74) is 1.10.